The number of aromatic nitrogens is 1. The molecule has 0 atom stereocenters. The van der Waals surface area contributed by atoms with Crippen LogP contribution in [-0.4, -0.2) is 4.98 Å². The van der Waals surface area contributed by atoms with Crippen molar-refractivity contribution in [1.29, 1.82) is 0 Å². The van der Waals surface area contributed by atoms with Gasteiger partial charge in [0, 0.05) is 6.42 Å². The fraction of sp³-hybridized carbons (Fsp3) is 0.462. The Bertz CT molecular complexity index is 325. The highest BCUT2D eigenvalue weighted by atomic mass is 14.6. The van der Waals surface area contributed by atoms with Crippen LogP contribution in [0.4, 0.5) is 0 Å². The van der Waals surface area contributed by atoms with Gasteiger partial charge in [-0.15, -0.1) is 0 Å². The SMILES string of the molecule is C(#Cc1ccc[c]n1)CC1CCCC1. The normalized spacial score (nSPS) is 16.3. The lowest BCUT2D eigenvalue weighted by Crippen LogP contribution is -1.89. The van der Waals surface area contributed by atoms with Crippen LogP contribution in [-0.2, 0) is 0 Å². The van der Waals surface area contributed by atoms with Gasteiger partial charge in [-0.3, -0.25) is 0 Å². The number of rotatable bonds is 1. The van der Waals surface area contributed by atoms with Crippen LogP contribution in [0.5, 0.6) is 0 Å². The van der Waals surface area contributed by atoms with Gasteiger partial charge in [-0.2, -0.15) is 0 Å². The van der Waals surface area contributed by atoms with E-state index in [0.29, 0.717) is 0 Å². The van der Waals surface area contributed by atoms with E-state index in [-0.39, 0.29) is 0 Å². The molecule has 1 aromatic rings. The van der Waals surface area contributed by atoms with Crippen molar-refractivity contribution in [2.45, 2.75) is 32.1 Å². The lowest BCUT2D eigenvalue weighted by molar-refractivity contribution is 0.566. The minimum Gasteiger partial charge on any atom is -0.238 e. The van der Waals surface area contributed by atoms with Gasteiger partial charge in [-0.05, 0) is 36.8 Å². The first kappa shape index (κ1) is 9.27. The Labute approximate surface area is 85.6 Å². The van der Waals surface area contributed by atoms with Crippen molar-refractivity contribution in [3.8, 4) is 11.8 Å². The van der Waals surface area contributed by atoms with Crippen LogP contribution in [0.2, 0.25) is 0 Å². The van der Waals surface area contributed by atoms with Crippen LogP contribution in [0.15, 0.2) is 18.2 Å². The van der Waals surface area contributed by atoms with E-state index >= 15 is 0 Å². The molecule has 71 valence electrons. The third kappa shape index (κ3) is 2.60. The first-order valence-electron chi connectivity index (χ1n) is 5.27. The summed E-state index contributed by atoms with van der Waals surface area (Å²) in [6.07, 6.45) is 9.34. The van der Waals surface area contributed by atoms with Crippen LogP contribution in [0.3, 0.4) is 0 Å². The van der Waals surface area contributed by atoms with E-state index < -0.39 is 0 Å². The van der Waals surface area contributed by atoms with E-state index in [9.17, 15) is 0 Å². The Balaban J connectivity index is 1.87. The Morgan fingerprint density at radius 1 is 1.43 bits per heavy atom. The van der Waals surface area contributed by atoms with Crippen molar-refractivity contribution in [3.63, 3.8) is 0 Å². The van der Waals surface area contributed by atoms with Crippen molar-refractivity contribution < 1.29 is 0 Å². The molecule has 2 rings (SSSR count). The van der Waals surface area contributed by atoms with E-state index in [4.69, 9.17) is 0 Å². The lowest BCUT2D eigenvalue weighted by atomic mass is 10.1. The first-order valence-corrected chi connectivity index (χ1v) is 5.27. The van der Waals surface area contributed by atoms with Gasteiger partial charge in [0.05, 0.1) is 6.20 Å². The highest BCUT2D eigenvalue weighted by Crippen LogP contribution is 2.26. The molecule has 1 fully saturated rings. The van der Waals surface area contributed by atoms with Gasteiger partial charge in [-0.1, -0.05) is 24.8 Å². The van der Waals surface area contributed by atoms with Crippen LogP contribution in [0.1, 0.15) is 37.8 Å². The lowest BCUT2D eigenvalue weighted by Gasteiger charge is -2.00. The quantitative estimate of drug-likeness (QED) is 0.611. The second-order valence-corrected chi connectivity index (χ2v) is 3.81. The van der Waals surface area contributed by atoms with Gasteiger partial charge < -0.3 is 0 Å². The van der Waals surface area contributed by atoms with Gasteiger partial charge in [0.25, 0.3) is 0 Å². The Hall–Kier alpha value is -1.29. The summed E-state index contributed by atoms with van der Waals surface area (Å²) in [6.45, 7) is 0. The van der Waals surface area contributed by atoms with Crippen molar-refractivity contribution in [2.75, 3.05) is 0 Å². The largest absolute Gasteiger partial charge is 0.238 e. The Kier molecular flexibility index (Phi) is 3.19. The number of hydrogen-bond donors (Lipinski definition) is 0. The third-order valence-electron chi connectivity index (χ3n) is 2.69. The molecule has 0 spiro atoms. The number of pyridine rings is 1. The van der Waals surface area contributed by atoms with Gasteiger partial charge >= 0.3 is 0 Å². The van der Waals surface area contributed by atoms with E-state index in [2.05, 4.69) is 23.0 Å². The van der Waals surface area contributed by atoms with Crippen molar-refractivity contribution >= 4 is 0 Å². The molecule has 0 N–H and O–H groups in total. The van der Waals surface area contributed by atoms with Gasteiger partial charge in [-0.25, -0.2) is 4.98 Å². The highest BCUT2D eigenvalue weighted by molar-refractivity contribution is 5.26. The molecule has 0 saturated heterocycles. The molecule has 0 amide bonds. The highest BCUT2D eigenvalue weighted by Gasteiger charge is 2.12. The van der Waals surface area contributed by atoms with Crippen LogP contribution in [0, 0.1) is 24.0 Å². The molecule has 1 radical (unpaired) electrons. The molecule has 0 bridgehead atoms. The maximum absolute atomic E-state index is 4.04. The third-order valence-corrected chi connectivity index (χ3v) is 2.69. The molecular weight excluding hydrogens is 170 g/mol. The molecule has 14 heavy (non-hydrogen) atoms. The smallest absolute Gasteiger partial charge is 0.113 e. The van der Waals surface area contributed by atoms with E-state index in [1.807, 2.05) is 12.1 Å². The topological polar surface area (TPSA) is 12.9 Å². The zero-order chi connectivity index (χ0) is 9.64. The summed E-state index contributed by atoms with van der Waals surface area (Å²) < 4.78 is 0. The summed E-state index contributed by atoms with van der Waals surface area (Å²) in [5, 5.41) is 0. The van der Waals surface area contributed by atoms with Gasteiger partial charge in [0.2, 0.25) is 0 Å². The number of nitrogens with zero attached hydrogens (tertiary/aromatic N) is 1. The van der Waals surface area contributed by atoms with E-state index in [1.54, 1.807) is 6.07 Å². The molecule has 1 aromatic heterocycles. The van der Waals surface area contributed by atoms with Gasteiger partial charge in [0.15, 0.2) is 0 Å². The summed E-state index contributed by atoms with van der Waals surface area (Å²) in [5.74, 6) is 7.13. The van der Waals surface area contributed by atoms with Crippen molar-refractivity contribution in [2.24, 2.45) is 5.92 Å². The standard InChI is InChI=1S/C13H14N/c1-2-7-12(6-1)8-5-10-13-9-3-4-11-14-13/h3-4,9,12H,1-2,6-8H2. The fourth-order valence-electron chi connectivity index (χ4n) is 1.90. The fourth-order valence-corrected chi connectivity index (χ4v) is 1.90. The summed E-state index contributed by atoms with van der Waals surface area (Å²) in [5.41, 5.74) is 0.838. The van der Waals surface area contributed by atoms with Crippen LogP contribution in [0.25, 0.3) is 0 Å². The maximum atomic E-state index is 4.04. The van der Waals surface area contributed by atoms with E-state index in [1.165, 1.54) is 25.7 Å². The predicted molar refractivity (Wildman–Crippen MR) is 56.5 cm³/mol. The minimum absolute atomic E-state index is 0.838. The maximum Gasteiger partial charge on any atom is 0.113 e. The summed E-state index contributed by atoms with van der Waals surface area (Å²) in [6, 6.07) is 5.65. The second-order valence-electron chi connectivity index (χ2n) is 3.81. The zero-order valence-electron chi connectivity index (χ0n) is 8.29. The van der Waals surface area contributed by atoms with Gasteiger partial charge in [0.1, 0.15) is 5.69 Å². The van der Waals surface area contributed by atoms with Crippen LogP contribution < -0.4 is 0 Å². The monoisotopic (exact) mass is 184 g/mol. The van der Waals surface area contributed by atoms with Crippen molar-refractivity contribution in [3.05, 3.63) is 30.1 Å². The Morgan fingerprint density at radius 2 is 2.29 bits per heavy atom. The molecule has 0 aromatic carbocycles. The summed E-state index contributed by atoms with van der Waals surface area (Å²) in [7, 11) is 0. The zero-order valence-corrected chi connectivity index (χ0v) is 8.29. The number of hydrogen-bond acceptors (Lipinski definition) is 1. The molecule has 0 unspecified atom stereocenters. The molecule has 0 aliphatic heterocycles. The van der Waals surface area contributed by atoms with E-state index in [0.717, 1.165) is 18.0 Å². The molecule has 1 aliphatic carbocycles. The molecule has 1 heterocycles. The molecule has 1 nitrogen and oxygen atoms in total. The molecule has 1 saturated carbocycles. The predicted octanol–water partition coefficient (Wildman–Crippen LogP) is 2.81. The molecule has 1 heteroatoms. The average Bonchev–Trinajstić information content (AvgIpc) is 2.72. The minimum atomic E-state index is 0.838. The summed E-state index contributed by atoms with van der Waals surface area (Å²) in [4.78, 5) is 4.04. The average molecular weight is 184 g/mol. The first-order chi connectivity index (χ1) is 6.95. The summed E-state index contributed by atoms with van der Waals surface area (Å²) >= 11 is 0. The molecular formula is C13H14N. The Morgan fingerprint density at radius 3 is 3.00 bits per heavy atom. The van der Waals surface area contributed by atoms with Crippen LogP contribution >= 0.6 is 0 Å². The molecule has 1 aliphatic rings. The second kappa shape index (κ2) is 4.81. The van der Waals surface area contributed by atoms with Crippen molar-refractivity contribution in [1.82, 2.24) is 4.98 Å².